The van der Waals surface area contributed by atoms with E-state index >= 15 is 0 Å². The molecule has 0 radical (unpaired) electrons. The van der Waals surface area contributed by atoms with Crippen molar-refractivity contribution in [3.63, 3.8) is 0 Å². The minimum atomic E-state index is -0.585. The van der Waals surface area contributed by atoms with Crippen LogP contribution in [0.25, 0.3) is 0 Å². The van der Waals surface area contributed by atoms with Crippen LogP contribution in [0.15, 0.2) is 24.3 Å². The molecule has 0 fully saturated rings. The van der Waals surface area contributed by atoms with Crippen molar-refractivity contribution in [3.8, 4) is 0 Å². The summed E-state index contributed by atoms with van der Waals surface area (Å²) < 4.78 is 0. The van der Waals surface area contributed by atoms with Gasteiger partial charge in [-0.2, -0.15) is 0 Å². The van der Waals surface area contributed by atoms with E-state index < -0.39 is 6.10 Å². The Morgan fingerprint density at radius 1 is 1.25 bits per heavy atom. The smallest absolute Gasteiger partial charge is 0.0805 e. The molecule has 1 rings (SSSR count). The van der Waals surface area contributed by atoms with E-state index in [1.165, 1.54) is 5.56 Å². The maximum Gasteiger partial charge on any atom is 0.0805 e. The maximum atomic E-state index is 9.85. The van der Waals surface area contributed by atoms with Gasteiger partial charge in [-0.3, -0.25) is 0 Å². The summed E-state index contributed by atoms with van der Waals surface area (Å²) in [6.45, 7) is 2.05. The van der Waals surface area contributed by atoms with Crippen molar-refractivity contribution in [3.05, 3.63) is 35.4 Å². The Balaban J connectivity index is 2.59. The van der Waals surface area contributed by atoms with Crippen molar-refractivity contribution < 1.29 is 10.2 Å². The van der Waals surface area contributed by atoms with E-state index in [1.54, 1.807) is 0 Å². The molecular formula is C13H21NO2. The first-order chi connectivity index (χ1) is 7.67. The van der Waals surface area contributed by atoms with Crippen molar-refractivity contribution in [2.75, 3.05) is 6.61 Å². The van der Waals surface area contributed by atoms with Crippen molar-refractivity contribution >= 4 is 0 Å². The lowest BCUT2D eigenvalue weighted by Gasteiger charge is -2.15. The first kappa shape index (κ1) is 13.2. The summed E-state index contributed by atoms with van der Waals surface area (Å²) in [6.07, 6.45) is 1.99. The number of hydrogen-bond donors (Lipinski definition) is 3. The number of benzene rings is 1. The standard InChI is InChI=1S/C13H21NO2/c1-2-3-10-4-6-11(7-5-10)13(16)8-12(14)9-15/h4-7,12-13,15-16H,2-3,8-9,14H2,1H3/t12-,13-/m0/s1. The molecule has 3 heteroatoms. The molecule has 16 heavy (non-hydrogen) atoms. The molecule has 4 N–H and O–H groups in total. The quantitative estimate of drug-likeness (QED) is 0.682. The monoisotopic (exact) mass is 223 g/mol. The summed E-state index contributed by atoms with van der Waals surface area (Å²) in [5, 5.41) is 18.7. The summed E-state index contributed by atoms with van der Waals surface area (Å²) in [7, 11) is 0. The highest BCUT2D eigenvalue weighted by Crippen LogP contribution is 2.18. The normalized spacial score (nSPS) is 14.8. The second kappa shape index (κ2) is 6.63. The molecule has 1 aromatic rings. The molecule has 0 saturated heterocycles. The molecule has 0 aliphatic heterocycles. The molecule has 3 nitrogen and oxygen atoms in total. The van der Waals surface area contributed by atoms with Crippen LogP contribution in [0.4, 0.5) is 0 Å². The van der Waals surface area contributed by atoms with Crippen LogP contribution in [0.3, 0.4) is 0 Å². The van der Waals surface area contributed by atoms with Crippen molar-refractivity contribution in [2.24, 2.45) is 5.73 Å². The Morgan fingerprint density at radius 2 is 1.88 bits per heavy atom. The third kappa shape index (κ3) is 3.93. The van der Waals surface area contributed by atoms with E-state index in [4.69, 9.17) is 10.8 Å². The van der Waals surface area contributed by atoms with E-state index in [0.717, 1.165) is 18.4 Å². The first-order valence-corrected chi connectivity index (χ1v) is 5.80. The van der Waals surface area contributed by atoms with Crippen LogP contribution < -0.4 is 5.73 Å². The Bertz CT molecular complexity index is 297. The number of aliphatic hydroxyl groups excluding tert-OH is 2. The molecule has 0 aliphatic rings. The molecule has 0 heterocycles. The highest BCUT2D eigenvalue weighted by Gasteiger charge is 2.11. The minimum absolute atomic E-state index is 0.0923. The summed E-state index contributed by atoms with van der Waals surface area (Å²) in [5.74, 6) is 0. The van der Waals surface area contributed by atoms with E-state index in [9.17, 15) is 5.11 Å². The lowest BCUT2D eigenvalue weighted by Crippen LogP contribution is -2.26. The van der Waals surface area contributed by atoms with Crippen LogP contribution in [0.2, 0.25) is 0 Å². The van der Waals surface area contributed by atoms with Gasteiger partial charge in [-0.05, 0) is 24.0 Å². The molecule has 0 saturated carbocycles. The molecule has 0 bridgehead atoms. The lowest BCUT2D eigenvalue weighted by atomic mass is 10.0. The van der Waals surface area contributed by atoms with Gasteiger partial charge in [-0.25, -0.2) is 0 Å². The van der Waals surface area contributed by atoms with Crippen LogP contribution >= 0.6 is 0 Å². The third-order valence-electron chi connectivity index (χ3n) is 2.66. The maximum absolute atomic E-state index is 9.85. The second-order valence-electron chi connectivity index (χ2n) is 4.19. The molecule has 2 atom stereocenters. The summed E-state index contributed by atoms with van der Waals surface area (Å²) in [5.41, 5.74) is 7.73. The molecule has 0 amide bonds. The molecule has 0 aliphatic carbocycles. The fourth-order valence-corrected chi connectivity index (χ4v) is 1.69. The van der Waals surface area contributed by atoms with Crippen LogP contribution in [-0.4, -0.2) is 22.9 Å². The van der Waals surface area contributed by atoms with Crippen LogP contribution in [-0.2, 0) is 6.42 Å². The number of aryl methyl sites for hydroxylation is 1. The fraction of sp³-hybridized carbons (Fsp3) is 0.538. The molecule has 0 aromatic heterocycles. The van der Waals surface area contributed by atoms with Crippen molar-refractivity contribution in [1.82, 2.24) is 0 Å². The second-order valence-corrected chi connectivity index (χ2v) is 4.19. The largest absolute Gasteiger partial charge is 0.395 e. The molecule has 0 unspecified atom stereocenters. The van der Waals surface area contributed by atoms with Gasteiger partial charge in [-0.15, -0.1) is 0 Å². The van der Waals surface area contributed by atoms with Crippen molar-refractivity contribution in [1.29, 1.82) is 0 Å². The van der Waals surface area contributed by atoms with E-state index in [-0.39, 0.29) is 12.6 Å². The third-order valence-corrected chi connectivity index (χ3v) is 2.66. The van der Waals surface area contributed by atoms with E-state index in [1.807, 2.05) is 24.3 Å². The number of nitrogens with two attached hydrogens (primary N) is 1. The summed E-state index contributed by atoms with van der Waals surface area (Å²) in [6, 6.07) is 7.57. The van der Waals surface area contributed by atoms with Gasteiger partial charge in [0.2, 0.25) is 0 Å². The Morgan fingerprint density at radius 3 is 2.38 bits per heavy atom. The zero-order chi connectivity index (χ0) is 12.0. The SMILES string of the molecule is CCCc1ccc([C@@H](O)C[C@H](N)CO)cc1. The zero-order valence-corrected chi connectivity index (χ0v) is 9.76. The van der Waals surface area contributed by atoms with Gasteiger partial charge in [0.25, 0.3) is 0 Å². The molecular weight excluding hydrogens is 202 g/mol. The van der Waals surface area contributed by atoms with Crippen LogP contribution in [0.1, 0.15) is 37.0 Å². The first-order valence-electron chi connectivity index (χ1n) is 5.80. The van der Waals surface area contributed by atoms with Crippen LogP contribution in [0, 0.1) is 0 Å². The number of hydrogen-bond acceptors (Lipinski definition) is 3. The summed E-state index contributed by atoms with van der Waals surface area (Å²) >= 11 is 0. The molecule has 0 spiro atoms. The van der Waals surface area contributed by atoms with Crippen LogP contribution in [0.5, 0.6) is 0 Å². The molecule has 1 aromatic carbocycles. The highest BCUT2D eigenvalue weighted by atomic mass is 16.3. The van der Waals surface area contributed by atoms with E-state index in [2.05, 4.69) is 6.92 Å². The van der Waals surface area contributed by atoms with Gasteiger partial charge in [0.1, 0.15) is 0 Å². The number of rotatable bonds is 6. The average Bonchev–Trinajstić information content (AvgIpc) is 2.30. The average molecular weight is 223 g/mol. The highest BCUT2D eigenvalue weighted by molar-refractivity contribution is 5.24. The van der Waals surface area contributed by atoms with E-state index in [0.29, 0.717) is 6.42 Å². The van der Waals surface area contributed by atoms with Gasteiger partial charge in [-0.1, -0.05) is 37.6 Å². The zero-order valence-electron chi connectivity index (χ0n) is 9.76. The van der Waals surface area contributed by atoms with Crippen molar-refractivity contribution in [2.45, 2.75) is 38.3 Å². The lowest BCUT2D eigenvalue weighted by molar-refractivity contribution is 0.140. The minimum Gasteiger partial charge on any atom is -0.395 e. The van der Waals surface area contributed by atoms with Gasteiger partial charge in [0.15, 0.2) is 0 Å². The summed E-state index contributed by atoms with van der Waals surface area (Å²) in [4.78, 5) is 0. The van der Waals surface area contributed by atoms with Gasteiger partial charge >= 0.3 is 0 Å². The predicted octanol–water partition coefficient (Wildman–Crippen LogP) is 1.38. The Labute approximate surface area is 96.9 Å². The van der Waals surface area contributed by atoms with Gasteiger partial charge < -0.3 is 15.9 Å². The topological polar surface area (TPSA) is 66.5 Å². The van der Waals surface area contributed by atoms with Gasteiger partial charge in [0.05, 0.1) is 12.7 Å². The molecule has 90 valence electrons. The number of aliphatic hydroxyl groups is 2. The Kier molecular flexibility index (Phi) is 5.46. The fourth-order valence-electron chi connectivity index (χ4n) is 1.69. The van der Waals surface area contributed by atoms with Gasteiger partial charge in [0, 0.05) is 6.04 Å². The predicted molar refractivity (Wildman–Crippen MR) is 65.1 cm³/mol. The Hall–Kier alpha value is -0.900.